The van der Waals surface area contributed by atoms with Crippen LogP contribution in [0.5, 0.6) is 0 Å². The van der Waals surface area contributed by atoms with Crippen molar-refractivity contribution in [2.45, 2.75) is 38.6 Å². The Morgan fingerprint density at radius 3 is 2.44 bits per heavy atom. The lowest BCUT2D eigenvalue weighted by Gasteiger charge is -2.36. The number of aliphatic carboxylic acids is 1. The molecule has 1 aliphatic heterocycles. The molecule has 0 aromatic carbocycles. The van der Waals surface area contributed by atoms with Gasteiger partial charge in [-0.25, -0.2) is 4.79 Å². The SMILES string of the molecule is CCC1(C(=O)NC(CCO)C(=O)O)CCNCC1. The van der Waals surface area contributed by atoms with Gasteiger partial charge in [-0.1, -0.05) is 6.92 Å². The van der Waals surface area contributed by atoms with Crippen LogP contribution < -0.4 is 10.6 Å². The average molecular weight is 258 g/mol. The van der Waals surface area contributed by atoms with E-state index in [2.05, 4.69) is 10.6 Å². The number of aliphatic hydroxyl groups excluding tert-OH is 1. The lowest BCUT2D eigenvalue weighted by atomic mass is 9.75. The highest BCUT2D eigenvalue weighted by Gasteiger charge is 2.39. The minimum absolute atomic E-state index is 0.0408. The number of hydrogen-bond donors (Lipinski definition) is 4. The highest BCUT2D eigenvalue weighted by molar-refractivity contribution is 5.87. The molecule has 1 amide bonds. The maximum absolute atomic E-state index is 12.3. The first-order valence-electron chi connectivity index (χ1n) is 6.41. The van der Waals surface area contributed by atoms with Crippen molar-refractivity contribution < 1.29 is 19.8 Å². The topological polar surface area (TPSA) is 98.7 Å². The van der Waals surface area contributed by atoms with E-state index < -0.39 is 17.4 Å². The molecule has 18 heavy (non-hydrogen) atoms. The number of carboxylic acid groups (broad SMARTS) is 1. The van der Waals surface area contributed by atoms with Gasteiger partial charge in [-0.2, -0.15) is 0 Å². The normalized spacial score (nSPS) is 20.1. The number of carbonyl (C=O) groups excluding carboxylic acids is 1. The zero-order valence-electron chi connectivity index (χ0n) is 10.7. The number of aliphatic hydroxyl groups is 1. The third kappa shape index (κ3) is 3.43. The number of hydrogen-bond acceptors (Lipinski definition) is 4. The molecule has 1 saturated heterocycles. The molecule has 1 unspecified atom stereocenters. The Morgan fingerprint density at radius 2 is 2.00 bits per heavy atom. The molecule has 4 N–H and O–H groups in total. The Morgan fingerprint density at radius 1 is 1.39 bits per heavy atom. The van der Waals surface area contributed by atoms with Crippen LogP contribution in [-0.2, 0) is 9.59 Å². The van der Waals surface area contributed by atoms with Gasteiger partial charge >= 0.3 is 5.97 Å². The van der Waals surface area contributed by atoms with Crippen LogP contribution in [0.1, 0.15) is 32.6 Å². The summed E-state index contributed by atoms with van der Waals surface area (Å²) in [6, 6.07) is -0.999. The fourth-order valence-corrected chi connectivity index (χ4v) is 2.34. The highest BCUT2D eigenvalue weighted by Crippen LogP contribution is 2.32. The summed E-state index contributed by atoms with van der Waals surface area (Å²) in [7, 11) is 0. The van der Waals surface area contributed by atoms with E-state index in [-0.39, 0.29) is 18.9 Å². The van der Waals surface area contributed by atoms with Gasteiger partial charge in [-0.3, -0.25) is 4.79 Å². The van der Waals surface area contributed by atoms with Gasteiger partial charge in [-0.15, -0.1) is 0 Å². The number of amides is 1. The summed E-state index contributed by atoms with van der Waals surface area (Å²) < 4.78 is 0. The molecule has 104 valence electrons. The molecular formula is C12H22N2O4. The number of carboxylic acids is 1. The largest absolute Gasteiger partial charge is 0.480 e. The summed E-state index contributed by atoms with van der Waals surface area (Å²) in [4.78, 5) is 23.2. The van der Waals surface area contributed by atoms with Crippen molar-refractivity contribution in [2.24, 2.45) is 5.41 Å². The minimum atomic E-state index is -1.10. The van der Waals surface area contributed by atoms with E-state index in [9.17, 15) is 9.59 Å². The Labute approximate surface area is 107 Å². The zero-order chi connectivity index (χ0) is 13.6. The van der Waals surface area contributed by atoms with Crippen LogP contribution in [0.3, 0.4) is 0 Å². The quantitative estimate of drug-likeness (QED) is 0.525. The zero-order valence-corrected chi connectivity index (χ0v) is 10.7. The molecular weight excluding hydrogens is 236 g/mol. The van der Waals surface area contributed by atoms with E-state index in [0.717, 1.165) is 25.9 Å². The molecule has 6 heteroatoms. The van der Waals surface area contributed by atoms with Crippen molar-refractivity contribution in [3.63, 3.8) is 0 Å². The van der Waals surface area contributed by atoms with Crippen LogP contribution >= 0.6 is 0 Å². The van der Waals surface area contributed by atoms with Gasteiger partial charge in [0.2, 0.25) is 5.91 Å². The average Bonchev–Trinajstić information content (AvgIpc) is 2.38. The molecule has 1 heterocycles. The van der Waals surface area contributed by atoms with E-state index in [0.29, 0.717) is 6.42 Å². The first kappa shape index (κ1) is 14.9. The van der Waals surface area contributed by atoms with E-state index >= 15 is 0 Å². The van der Waals surface area contributed by atoms with Gasteiger partial charge in [0.25, 0.3) is 0 Å². The van der Waals surface area contributed by atoms with Crippen molar-refractivity contribution in [3.05, 3.63) is 0 Å². The molecule has 1 aliphatic rings. The molecule has 6 nitrogen and oxygen atoms in total. The Bertz CT molecular complexity index is 300. The molecule has 1 rings (SSSR count). The lowest BCUT2D eigenvalue weighted by molar-refractivity contribution is -0.145. The standard InChI is InChI=1S/C12H22N2O4/c1-2-12(4-6-13-7-5-12)11(18)14-9(3-8-15)10(16)17/h9,13,15H,2-8H2,1H3,(H,14,18)(H,16,17). The highest BCUT2D eigenvalue weighted by atomic mass is 16.4. The molecule has 0 aliphatic carbocycles. The maximum atomic E-state index is 12.3. The molecule has 0 spiro atoms. The molecule has 0 aromatic rings. The van der Waals surface area contributed by atoms with Gasteiger partial charge in [0.15, 0.2) is 0 Å². The Kier molecular flexibility index (Phi) is 5.55. The van der Waals surface area contributed by atoms with E-state index in [4.69, 9.17) is 10.2 Å². The van der Waals surface area contributed by atoms with Crippen LogP contribution in [0, 0.1) is 5.41 Å². The second-order valence-corrected chi connectivity index (χ2v) is 4.76. The minimum Gasteiger partial charge on any atom is -0.480 e. The molecule has 0 radical (unpaired) electrons. The van der Waals surface area contributed by atoms with Crippen molar-refractivity contribution in [2.75, 3.05) is 19.7 Å². The summed E-state index contributed by atoms with van der Waals surface area (Å²) >= 11 is 0. The number of carbonyl (C=O) groups is 2. The lowest BCUT2D eigenvalue weighted by Crippen LogP contribution is -2.52. The summed E-state index contributed by atoms with van der Waals surface area (Å²) in [6.07, 6.45) is 2.19. The van der Waals surface area contributed by atoms with Crippen LogP contribution in [0.25, 0.3) is 0 Å². The van der Waals surface area contributed by atoms with Crippen molar-refractivity contribution >= 4 is 11.9 Å². The first-order valence-corrected chi connectivity index (χ1v) is 6.41. The second-order valence-electron chi connectivity index (χ2n) is 4.76. The van der Waals surface area contributed by atoms with Crippen LogP contribution in [0.2, 0.25) is 0 Å². The van der Waals surface area contributed by atoms with Gasteiger partial charge in [0, 0.05) is 13.0 Å². The summed E-state index contributed by atoms with van der Waals surface area (Å²) in [5, 5.41) is 23.5. The molecule has 1 atom stereocenters. The molecule has 0 aromatic heterocycles. The van der Waals surface area contributed by atoms with Crippen LogP contribution in [-0.4, -0.2) is 47.8 Å². The van der Waals surface area contributed by atoms with Gasteiger partial charge in [0.05, 0.1) is 5.41 Å². The summed E-state index contributed by atoms with van der Waals surface area (Å²) in [5.41, 5.74) is -0.464. The third-order valence-electron chi connectivity index (χ3n) is 3.74. The summed E-state index contributed by atoms with van der Waals surface area (Å²) in [6.45, 7) is 3.25. The Hall–Kier alpha value is -1.14. The number of piperidine rings is 1. The predicted octanol–water partition coefficient (Wildman–Crippen LogP) is -0.282. The second kappa shape index (κ2) is 6.70. The smallest absolute Gasteiger partial charge is 0.326 e. The molecule has 1 fully saturated rings. The van der Waals surface area contributed by atoms with Gasteiger partial charge in [-0.05, 0) is 32.4 Å². The number of rotatable bonds is 6. The first-order chi connectivity index (χ1) is 8.55. The van der Waals surface area contributed by atoms with Crippen molar-refractivity contribution in [3.8, 4) is 0 Å². The monoisotopic (exact) mass is 258 g/mol. The van der Waals surface area contributed by atoms with Crippen LogP contribution in [0.4, 0.5) is 0 Å². The van der Waals surface area contributed by atoms with Crippen molar-refractivity contribution in [1.82, 2.24) is 10.6 Å². The van der Waals surface area contributed by atoms with Gasteiger partial charge < -0.3 is 20.8 Å². The van der Waals surface area contributed by atoms with Crippen molar-refractivity contribution in [1.29, 1.82) is 0 Å². The van der Waals surface area contributed by atoms with E-state index in [1.54, 1.807) is 0 Å². The molecule has 0 bridgehead atoms. The fourth-order valence-electron chi connectivity index (χ4n) is 2.34. The fraction of sp³-hybridized carbons (Fsp3) is 0.833. The third-order valence-corrected chi connectivity index (χ3v) is 3.74. The molecule has 0 saturated carbocycles. The van der Waals surface area contributed by atoms with Crippen LogP contribution in [0.15, 0.2) is 0 Å². The number of nitrogens with one attached hydrogen (secondary N) is 2. The maximum Gasteiger partial charge on any atom is 0.326 e. The summed E-state index contributed by atoms with van der Waals surface area (Å²) in [5.74, 6) is -1.30. The van der Waals surface area contributed by atoms with E-state index in [1.165, 1.54) is 0 Å². The Balaban J connectivity index is 2.68. The van der Waals surface area contributed by atoms with E-state index in [1.807, 2.05) is 6.92 Å². The van der Waals surface area contributed by atoms with Gasteiger partial charge in [0.1, 0.15) is 6.04 Å². The predicted molar refractivity (Wildman–Crippen MR) is 66.1 cm³/mol.